The third-order valence-electron chi connectivity index (χ3n) is 4.80. The lowest BCUT2D eigenvalue weighted by Gasteiger charge is -2.17. The molecule has 4 rings (SSSR count). The van der Waals surface area contributed by atoms with Crippen molar-refractivity contribution in [1.82, 2.24) is 4.57 Å². The highest BCUT2D eigenvalue weighted by atomic mass is 19.1. The van der Waals surface area contributed by atoms with Crippen molar-refractivity contribution in [1.29, 1.82) is 0 Å². The largest absolute Gasteiger partial charge is 0.398 e. The molecule has 0 saturated carbocycles. The van der Waals surface area contributed by atoms with Gasteiger partial charge in [-0.15, -0.1) is 0 Å². The molecule has 0 bridgehead atoms. The number of para-hydroxylation sites is 1. The van der Waals surface area contributed by atoms with Crippen LogP contribution in [0.15, 0.2) is 72.7 Å². The third kappa shape index (κ3) is 2.33. The van der Waals surface area contributed by atoms with Crippen molar-refractivity contribution in [3.05, 3.63) is 78.3 Å². The van der Waals surface area contributed by atoms with Crippen LogP contribution in [-0.4, -0.2) is 4.57 Å². The molecule has 1 atom stereocenters. The Morgan fingerprint density at radius 3 is 2.71 bits per heavy atom. The lowest BCUT2D eigenvalue weighted by atomic mass is 9.99. The van der Waals surface area contributed by atoms with Gasteiger partial charge in [0.1, 0.15) is 5.83 Å². The van der Waals surface area contributed by atoms with Gasteiger partial charge < -0.3 is 10.3 Å². The zero-order valence-electron chi connectivity index (χ0n) is 13.5. The molecule has 0 spiro atoms. The van der Waals surface area contributed by atoms with Gasteiger partial charge >= 0.3 is 0 Å². The van der Waals surface area contributed by atoms with Crippen LogP contribution in [-0.2, 0) is 0 Å². The van der Waals surface area contributed by atoms with E-state index in [1.165, 1.54) is 10.9 Å². The molecule has 2 N–H and O–H groups in total. The maximum atomic E-state index is 13.3. The molecule has 0 fully saturated rings. The fourth-order valence-corrected chi connectivity index (χ4v) is 3.43. The van der Waals surface area contributed by atoms with Gasteiger partial charge in [-0.2, -0.15) is 0 Å². The molecule has 1 aliphatic carbocycles. The lowest BCUT2D eigenvalue weighted by Crippen LogP contribution is -2.06. The first-order chi connectivity index (χ1) is 11.6. The molecule has 1 unspecified atom stereocenters. The molecular formula is C21H19FN2. The van der Waals surface area contributed by atoms with Gasteiger partial charge in [-0.05, 0) is 48.8 Å². The minimum atomic E-state index is -0.158. The Balaban J connectivity index is 1.92. The molecule has 120 valence electrons. The standard InChI is InChI=1S/C21H19FN2/c1-14-17(6-4-7-20(14)23)19-13-24(16-11-9-15(22)10-12-16)21-8-3-2-5-18(19)21/h2-11,13,16H,12,23H2,1H3. The third-order valence-corrected chi connectivity index (χ3v) is 4.80. The van der Waals surface area contributed by atoms with Crippen LogP contribution in [0.4, 0.5) is 10.1 Å². The van der Waals surface area contributed by atoms with E-state index in [1.807, 2.05) is 30.3 Å². The molecule has 3 heteroatoms. The number of halogens is 1. The number of fused-ring (bicyclic) bond motifs is 1. The molecule has 1 aromatic heterocycles. The van der Waals surface area contributed by atoms with E-state index in [2.05, 4.69) is 35.9 Å². The molecule has 1 heterocycles. The van der Waals surface area contributed by atoms with Gasteiger partial charge in [0.15, 0.2) is 0 Å². The summed E-state index contributed by atoms with van der Waals surface area (Å²) in [7, 11) is 0. The minimum Gasteiger partial charge on any atom is -0.398 e. The second-order valence-corrected chi connectivity index (χ2v) is 6.24. The zero-order chi connectivity index (χ0) is 16.7. The van der Waals surface area contributed by atoms with E-state index in [-0.39, 0.29) is 11.9 Å². The van der Waals surface area contributed by atoms with Crippen LogP contribution in [0.2, 0.25) is 0 Å². The Morgan fingerprint density at radius 1 is 1.08 bits per heavy atom. The van der Waals surface area contributed by atoms with E-state index in [1.54, 1.807) is 12.2 Å². The molecule has 24 heavy (non-hydrogen) atoms. The van der Waals surface area contributed by atoms with E-state index < -0.39 is 0 Å². The quantitative estimate of drug-likeness (QED) is 0.617. The number of nitrogen functional groups attached to an aromatic ring is 1. The van der Waals surface area contributed by atoms with Crippen LogP contribution < -0.4 is 5.73 Å². The molecule has 3 aromatic rings. The average molecular weight is 318 g/mol. The number of rotatable bonds is 2. The van der Waals surface area contributed by atoms with Crippen molar-refractivity contribution in [2.45, 2.75) is 19.4 Å². The van der Waals surface area contributed by atoms with Gasteiger partial charge in [0, 0.05) is 28.4 Å². The Bertz CT molecular complexity index is 979. The highest BCUT2D eigenvalue weighted by Gasteiger charge is 2.17. The Hall–Kier alpha value is -2.81. The van der Waals surface area contributed by atoms with Crippen LogP contribution in [0.1, 0.15) is 18.0 Å². The molecular weight excluding hydrogens is 299 g/mol. The highest BCUT2D eigenvalue weighted by molar-refractivity contribution is 5.97. The second-order valence-electron chi connectivity index (χ2n) is 6.24. The number of nitrogens with two attached hydrogens (primary N) is 1. The first-order valence-corrected chi connectivity index (χ1v) is 8.14. The van der Waals surface area contributed by atoms with Crippen molar-refractivity contribution in [3.8, 4) is 11.1 Å². The van der Waals surface area contributed by atoms with Gasteiger partial charge in [-0.3, -0.25) is 0 Å². The summed E-state index contributed by atoms with van der Waals surface area (Å²) >= 11 is 0. The first kappa shape index (κ1) is 14.8. The number of hydrogen-bond acceptors (Lipinski definition) is 1. The van der Waals surface area contributed by atoms with Crippen LogP contribution >= 0.6 is 0 Å². The minimum absolute atomic E-state index is 0.129. The maximum Gasteiger partial charge on any atom is 0.119 e. The number of aromatic nitrogens is 1. The number of hydrogen-bond donors (Lipinski definition) is 1. The van der Waals surface area contributed by atoms with Crippen molar-refractivity contribution in [2.75, 3.05) is 5.73 Å². The van der Waals surface area contributed by atoms with E-state index in [0.29, 0.717) is 6.42 Å². The van der Waals surface area contributed by atoms with E-state index in [4.69, 9.17) is 5.73 Å². The summed E-state index contributed by atoms with van der Waals surface area (Å²) in [5.74, 6) is -0.158. The summed E-state index contributed by atoms with van der Waals surface area (Å²) < 4.78 is 15.5. The summed E-state index contributed by atoms with van der Waals surface area (Å²) in [5, 5.41) is 1.19. The van der Waals surface area contributed by atoms with Crippen molar-refractivity contribution < 1.29 is 4.39 Å². The van der Waals surface area contributed by atoms with Gasteiger partial charge in [-0.1, -0.05) is 36.4 Å². The molecule has 0 radical (unpaired) electrons. The number of allylic oxidation sites excluding steroid dienone is 4. The molecule has 0 saturated heterocycles. The summed E-state index contributed by atoms with van der Waals surface area (Å²) in [6, 6.07) is 14.5. The Kier molecular flexibility index (Phi) is 3.49. The second kappa shape index (κ2) is 5.68. The van der Waals surface area contributed by atoms with Crippen LogP contribution in [0.25, 0.3) is 22.0 Å². The smallest absolute Gasteiger partial charge is 0.119 e. The normalized spacial score (nSPS) is 17.2. The number of benzene rings is 2. The van der Waals surface area contributed by atoms with Crippen molar-refractivity contribution >= 4 is 16.6 Å². The lowest BCUT2D eigenvalue weighted by molar-refractivity contribution is 0.588. The van der Waals surface area contributed by atoms with E-state index >= 15 is 0 Å². The molecule has 0 amide bonds. The van der Waals surface area contributed by atoms with Gasteiger partial charge in [0.2, 0.25) is 0 Å². The monoisotopic (exact) mass is 318 g/mol. The summed E-state index contributed by atoms with van der Waals surface area (Å²) in [5.41, 5.74) is 11.4. The van der Waals surface area contributed by atoms with Gasteiger partial charge in [0.25, 0.3) is 0 Å². The van der Waals surface area contributed by atoms with E-state index in [9.17, 15) is 4.39 Å². The van der Waals surface area contributed by atoms with Crippen LogP contribution in [0.5, 0.6) is 0 Å². The maximum absolute atomic E-state index is 13.3. The van der Waals surface area contributed by atoms with Crippen LogP contribution in [0.3, 0.4) is 0 Å². The number of anilines is 1. The fourth-order valence-electron chi connectivity index (χ4n) is 3.43. The Labute approximate surface area is 140 Å². The van der Waals surface area contributed by atoms with Crippen LogP contribution in [0, 0.1) is 6.92 Å². The number of nitrogens with zero attached hydrogens (tertiary/aromatic N) is 1. The highest BCUT2D eigenvalue weighted by Crippen LogP contribution is 2.37. The van der Waals surface area contributed by atoms with Crippen molar-refractivity contribution in [2.24, 2.45) is 0 Å². The Morgan fingerprint density at radius 2 is 1.92 bits per heavy atom. The molecule has 1 aliphatic rings. The molecule has 0 aliphatic heterocycles. The predicted octanol–water partition coefficient (Wildman–Crippen LogP) is 5.55. The zero-order valence-corrected chi connectivity index (χ0v) is 13.5. The SMILES string of the molecule is Cc1c(N)cccc1-c1cn(C2C=CC(F)=CC2)c2ccccc12. The van der Waals surface area contributed by atoms with Gasteiger partial charge in [0.05, 0.1) is 6.04 Å². The summed E-state index contributed by atoms with van der Waals surface area (Å²) in [4.78, 5) is 0. The van der Waals surface area contributed by atoms with Gasteiger partial charge in [-0.25, -0.2) is 4.39 Å². The van der Waals surface area contributed by atoms with Crippen molar-refractivity contribution in [3.63, 3.8) is 0 Å². The van der Waals surface area contributed by atoms with E-state index in [0.717, 1.165) is 22.3 Å². The predicted molar refractivity (Wildman–Crippen MR) is 98.5 cm³/mol. The average Bonchev–Trinajstić information content (AvgIpc) is 2.98. The first-order valence-electron chi connectivity index (χ1n) is 8.14. The molecule has 2 nitrogen and oxygen atoms in total. The summed E-state index contributed by atoms with van der Waals surface area (Å²) in [6.45, 7) is 2.05. The summed E-state index contributed by atoms with van der Waals surface area (Å²) in [6.07, 6.45) is 7.95. The fraction of sp³-hybridized carbons (Fsp3) is 0.143. The topological polar surface area (TPSA) is 30.9 Å². The molecule has 2 aromatic carbocycles.